The van der Waals surface area contributed by atoms with Crippen LogP contribution >= 0.6 is 0 Å². The molecule has 0 heteroatoms. The number of hydrogen-bond donors (Lipinski definition) is 0. The predicted molar refractivity (Wildman–Crippen MR) is 144 cm³/mol. The van der Waals surface area contributed by atoms with Crippen LogP contribution in [-0.4, -0.2) is 0 Å². The van der Waals surface area contributed by atoms with Gasteiger partial charge in [0.25, 0.3) is 0 Å². The molecule has 6 aromatic carbocycles. The molecule has 6 aromatic rings. The van der Waals surface area contributed by atoms with Crippen LogP contribution in [0.5, 0.6) is 0 Å². The molecule has 0 heterocycles. The van der Waals surface area contributed by atoms with Gasteiger partial charge < -0.3 is 0 Å². The largest absolute Gasteiger partial charge is 0.0622 e. The molecule has 34 heavy (non-hydrogen) atoms. The Labute approximate surface area is 199 Å². The van der Waals surface area contributed by atoms with E-state index in [1.807, 2.05) is 60.7 Å². The van der Waals surface area contributed by atoms with Crippen molar-refractivity contribution in [2.45, 2.75) is 0 Å². The molecular formula is C34H20. The van der Waals surface area contributed by atoms with Crippen LogP contribution in [0.2, 0.25) is 0 Å². The Morgan fingerprint density at radius 3 is 1.06 bits per heavy atom. The molecule has 0 amide bonds. The molecule has 0 atom stereocenters. The Balaban J connectivity index is 1.38. The van der Waals surface area contributed by atoms with Crippen molar-refractivity contribution >= 4 is 32.3 Å². The van der Waals surface area contributed by atoms with E-state index in [2.05, 4.69) is 84.3 Å². The van der Waals surface area contributed by atoms with Gasteiger partial charge in [-0.1, -0.05) is 72.2 Å². The molecule has 0 N–H and O–H groups in total. The Hall–Kier alpha value is -4.78. The fourth-order valence-electron chi connectivity index (χ4n) is 4.24. The lowest BCUT2D eigenvalue weighted by molar-refractivity contribution is 1.64. The topological polar surface area (TPSA) is 0 Å². The summed E-state index contributed by atoms with van der Waals surface area (Å²) >= 11 is 0. The average Bonchev–Trinajstić information content (AvgIpc) is 2.89. The van der Waals surface area contributed by atoms with Crippen LogP contribution in [0, 0.1) is 23.7 Å². The minimum atomic E-state index is 1.03. The highest BCUT2D eigenvalue weighted by Gasteiger charge is 2.03. The first-order valence-electron chi connectivity index (χ1n) is 11.4. The van der Waals surface area contributed by atoms with Gasteiger partial charge in [-0.15, -0.1) is 0 Å². The van der Waals surface area contributed by atoms with Crippen LogP contribution in [0.3, 0.4) is 0 Å². The Kier molecular flexibility index (Phi) is 5.04. The van der Waals surface area contributed by atoms with E-state index in [0.29, 0.717) is 0 Å². The number of benzene rings is 6. The lowest BCUT2D eigenvalue weighted by Gasteiger charge is -2.06. The molecule has 0 bridgehead atoms. The predicted octanol–water partition coefficient (Wildman–Crippen LogP) is 7.95. The minimum Gasteiger partial charge on any atom is -0.0622 e. The van der Waals surface area contributed by atoms with E-state index >= 15 is 0 Å². The fraction of sp³-hybridized carbons (Fsp3) is 0. The van der Waals surface area contributed by atoms with Gasteiger partial charge in [0, 0.05) is 22.3 Å². The first kappa shape index (κ1) is 19.9. The van der Waals surface area contributed by atoms with E-state index in [1.54, 1.807) is 0 Å². The standard InChI is InChI=1S/C34H20/c1-3-7-25(8-4-1)11-13-27-15-17-29-21-34-24-32-20-28(14-12-26-9-5-2-6-10-26)16-18-30(32)22-33(34)23-31(29)19-27/h1-10,15-24H. The van der Waals surface area contributed by atoms with Crippen LogP contribution in [0.1, 0.15) is 22.3 Å². The van der Waals surface area contributed by atoms with Crippen LogP contribution < -0.4 is 0 Å². The molecular weight excluding hydrogens is 408 g/mol. The van der Waals surface area contributed by atoms with Gasteiger partial charge in [0.1, 0.15) is 0 Å². The number of fused-ring (bicyclic) bond motifs is 3. The number of hydrogen-bond acceptors (Lipinski definition) is 0. The molecule has 0 unspecified atom stereocenters. The highest BCUT2D eigenvalue weighted by atomic mass is 14.1. The SMILES string of the molecule is C(#Cc1ccc2cc3cc4cc(C#Cc5ccccc5)ccc4cc3cc2c1)c1ccccc1. The lowest BCUT2D eigenvalue weighted by atomic mass is 9.98. The maximum Gasteiger partial charge on any atom is 0.0255 e. The summed E-state index contributed by atoms with van der Waals surface area (Å²) in [5.74, 6) is 13.1. The number of rotatable bonds is 0. The molecule has 0 radical (unpaired) electrons. The quantitative estimate of drug-likeness (QED) is 0.170. The minimum absolute atomic E-state index is 1.03. The van der Waals surface area contributed by atoms with E-state index in [-0.39, 0.29) is 0 Å². The third-order valence-electron chi connectivity index (χ3n) is 6.00. The van der Waals surface area contributed by atoms with Crippen molar-refractivity contribution in [2.75, 3.05) is 0 Å². The Morgan fingerprint density at radius 1 is 0.265 bits per heavy atom. The Morgan fingerprint density at radius 2 is 0.618 bits per heavy atom. The normalized spacial score (nSPS) is 10.5. The highest BCUT2D eigenvalue weighted by Crippen LogP contribution is 2.28. The third kappa shape index (κ3) is 4.14. The van der Waals surface area contributed by atoms with Crippen molar-refractivity contribution in [2.24, 2.45) is 0 Å². The molecule has 0 saturated carbocycles. The van der Waals surface area contributed by atoms with E-state index in [1.165, 1.54) is 32.3 Å². The van der Waals surface area contributed by atoms with Crippen molar-refractivity contribution in [1.29, 1.82) is 0 Å². The molecule has 0 aliphatic rings. The van der Waals surface area contributed by atoms with Gasteiger partial charge in [-0.05, 0) is 105 Å². The van der Waals surface area contributed by atoms with Gasteiger partial charge in [0.15, 0.2) is 0 Å². The summed E-state index contributed by atoms with van der Waals surface area (Å²) in [6.45, 7) is 0. The van der Waals surface area contributed by atoms with Gasteiger partial charge in [-0.3, -0.25) is 0 Å². The van der Waals surface area contributed by atoms with Crippen LogP contribution in [0.4, 0.5) is 0 Å². The zero-order valence-electron chi connectivity index (χ0n) is 18.5. The van der Waals surface area contributed by atoms with Crippen molar-refractivity contribution < 1.29 is 0 Å². The van der Waals surface area contributed by atoms with Crippen LogP contribution in [0.15, 0.2) is 121 Å². The molecule has 0 aliphatic carbocycles. The summed E-state index contributed by atoms with van der Waals surface area (Å²) in [7, 11) is 0. The van der Waals surface area contributed by atoms with Gasteiger partial charge in [-0.2, -0.15) is 0 Å². The molecule has 0 nitrogen and oxygen atoms in total. The van der Waals surface area contributed by atoms with Gasteiger partial charge >= 0.3 is 0 Å². The monoisotopic (exact) mass is 428 g/mol. The average molecular weight is 429 g/mol. The zero-order valence-corrected chi connectivity index (χ0v) is 18.5. The second-order valence-corrected chi connectivity index (χ2v) is 8.41. The van der Waals surface area contributed by atoms with Crippen LogP contribution in [0.25, 0.3) is 32.3 Å². The van der Waals surface area contributed by atoms with Gasteiger partial charge in [0.2, 0.25) is 0 Å². The third-order valence-corrected chi connectivity index (χ3v) is 6.00. The molecule has 0 spiro atoms. The molecule has 156 valence electrons. The zero-order chi connectivity index (χ0) is 22.7. The first-order chi connectivity index (χ1) is 16.8. The molecule has 6 rings (SSSR count). The van der Waals surface area contributed by atoms with Crippen molar-refractivity contribution in [3.63, 3.8) is 0 Å². The van der Waals surface area contributed by atoms with Gasteiger partial charge in [0.05, 0.1) is 0 Å². The summed E-state index contributed by atoms with van der Waals surface area (Å²) in [6.07, 6.45) is 0. The maximum absolute atomic E-state index is 3.30. The second kappa shape index (κ2) is 8.63. The van der Waals surface area contributed by atoms with E-state index in [9.17, 15) is 0 Å². The van der Waals surface area contributed by atoms with Crippen molar-refractivity contribution in [3.8, 4) is 23.7 Å². The Bertz CT molecular complexity index is 1650. The van der Waals surface area contributed by atoms with Gasteiger partial charge in [-0.25, -0.2) is 0 Å². The summed E-state index contributed by atoms with van der Waals surface area (Å²) in [5.41, 5.74) is 4.11. The molecule has 0 aliphatic heterocycles. The second-order valence-electron chi connectivity index (χ2n) is 8.41. The fourth-order valence-corrected chi connectivity index (χ4v) is 4.24. The smallest absolute Gasteiger partial charge is 0.0255 e. The molecule has 0 saturated heterocycles. The summed E-state index contributed by atoms with van der Waals surface area (Å²) < 4.78 is 0. The summed E-state index contributed by atoms with van der Waals surface area (Å²) in [4.78, 5) is 0. The van der Waals surface area contributed by atoms with Crippen molar-refractivity contribution in [1.82, 2.24) is 0 Å². The van der Waals surface area contributed by atoms with E-state index in [0.717, 1.165) is 22.3 Å². The molecule has 0 aromatic heterocycles. The maximum atomic E-state index is 3.30. The summed E-state index contributed by atoms with van der Waals surface area (Å²) in [5, 5.41) is 7.32. The molecule has 0 fully saturated rings. The summed E-state index contributed by atoms with van der Waals surface area (Å²) in [6, 6.07) is 42.1. The highest BCUT2D eigenvalue weighted by molar-refractivity contribution is 6.05. The van der Waals surface area contributed by atoms with E-state index < -0.39 is 0 Å². The van der Waals surface area contributed by atoms with Crippen LogP contribution in [-0.2, 0) is 0 Å². The lowest BCUT2D eigenvalue weighted by Crippen LogP contribution is -1.82. The first-order valence-corrected chi connectivity index (χ1v) is 11.4. The van der Waals surface area contributed by atoms with Crippen molar-refractivity contribution in [3.05, 3.63) is 144 Å². The van der Waals surface area contributed by atoms with E-state index in [4.69, 9.17) is 0 Å².